The second-order valence-electron chi connectivity index (χ2n) is 16.3. The Hall–Kier alpha value is -4.36. The third kappa shape index (κ3) is 10.7. The maximum absolute atomic E-state index is 14.2. The first-order valence-electron chi connectivity index (χ1n) is 19.5. The van der Waals surface area contributed by atoms with Gasteiger partial charge in [0.05, 0.1) is 12.1 Å². The van der Waals surface area contributed by atoms with Crippen molar-refractivity contribution in [1.29, 1.82) is 0 Å². The molecule has 3 N–H and O–H groups in total. The van der Waals surface area contributed by atoms with Crippen LogP contribution in [0.1, 0.15) is 116 Å². The van der Waals surface area contributed by atoms with E-state index in [0.717, 1.165) is 32.1 Å². The van der Waals surface area contributed by atoms with Crippen LogP contribution in [0.3, 0.4) is 0 Å². The van der Waals surface area contributed by atoms with Gasteiger partial charge in [0.1, 0.15) is 24.0 Å². The molecule has 3 fully saturated rings. The van der Waals surface area contributed by atoms with Crippen LogP contribution in [0.15, 0.2) is 24.3 Å². The van der Waals surface area contributed by atoms with E-state index in [9.17, 15) is 28.4 Å². The molecule has 1 aromatic heterocycles. The topological polar surface area (TPSA) is 165 Å². The molecule has 2 aromatic rings. The molecule has 2 saturated carbocycles. The van der Waals surface area contributed by atoms with Crippen molar-refractivity contribution < 1.29 is 47.3 Å². The van der Waals surface area contributed by atoms with Gasteiger partial charge in [-0.1, -0.05) is 32.1 Å². The number of esters is 1. The van der Waals surface area contributed by atoms with Gasteiger partial charge in [0.15, 0.2) is 0 Å². The molecular weight excluding hydrogens is 699 g/mol. The van der Waals surface area contributed by atoms with E-state index in [1.165, 1.54) is 13.3 Å². The number of alkyl carbamates (subject to hydrolysis) is 1. The zero-order chi connectivity index (χ0) is 39.2. The lowest BCUT2D eigenvalue weighted by atomic mass is 9.76. The molecule has 2 aliphatic carbocycles. The maximum atomic E-state index is 14.2. The van der Waals surface area contributed by atoms with Crippen LogP contribution in [-0.4, -0.2) is 83.2 Å². The van der Waals surface area contributed by atoms with E-state index in [2.05, 4.69) is 15.6 Å². The molecule has 3 aliphatic rings. The van der Waals surface area contributed by atoms with Gasteiger partial charge < -0.3 is 39.5 Å². The van der Waals surface area contributed by atoms with Crippen molar-refractivity contribution in [2.45, 2.75) is 136 Å². The van der Waals surface area contributed by atoms with Crippen molar-refractivity contribution in [3.63, 3.8) is 0 Å². The van der Waals surface area contributed by atoms with Crippen LogP contribution in [0.2, 0.25) is 0 Å². The Morgan fingerprint density at radius 1 is 0.907 bits per heavy atom. The minimum absolute atomic E-state index is 0.0382. The van der Waals surface area contributed by atoms with Gasteiger partial charge >= 0.3 is 18.2 Å². The zero-order valence-electron chi connectivity index (χ0n) is 32.4. The number of alkyl halides is 1. The van der Waals surface area contributed by atoms with Crippen LogP contribution in [0.25, 0.3) is 10.9 Å². The molecule has 14 heteroatoms. The average Bonchev–Trinajstić information content (AvgIpc) is 3.75. The fourth-order valence-corrected chi connectivity index (χ4v) is 8.33. The van der Waals surface area contributed by atoms with Crippen LogP contribution in [0.4, 0.5) is 19.7 Å². The van der Waals surface area contributed by atoms with Gasteiger partial charge in [-0.05, 0) is 109 Å². The minimum atomic E-state index is -1.18. The van der Waals surface area contributed by atoms with E-state index in [0.29, 0.717) is 54.7 Å². The Kier molecular flexibility index (Phi) is 13.5. The molecule has 0 spiro atoms. The molecule has 1 aliphatic heterocycles. The fraction of sp³-hybridized carbons (Fsp3) is 0.675. The molecule has 0 bridgehead atoms. The number of benzene rings is 1. The number of nitrogens with zero attached hydrogens (tertiary/aromatic N) is 1. The van der Waals surface area contributed by atoms with Gasteiger partial charge in [0, 0.05) is 36.0 Å². The number of carbonyl (C=O) groups excluding carboxylic acids is 5. The summed E-state index contributed by atoms with van der Waals surface area (Å²) in [7, 11) is 0. The number of amides is 3. The summed E-state index contributed by atoms with van der Waals surface area (Å²) in [6, 6.07) is 5.53. The molecule has 1 aromatic carbocycles. The van der Waals surface area contributed by atoms with Crippen molar-refractivity contribution in [3.8, 4) is 0 Å². The molecule has 0 radical (unpaired) electrons. The number of halogens is 1. The lowest BCUT2D eigenvalue weighted by molar-refractivity contribution is -0.142. The van der Waals surface area contributed by atoms with Gasteiger partial charge in [0.25, 0.3) is 0 Å². The highest BCUT2D eigenvalue weighted by molar-refractivity contribution is 6.01. The van der Waals surface area contributed by atoms with Crippen molar-refractivity contribution in [1.82, 2.24) is 15.2 Å². The summed E-state index contributed by atoms with van der Waals surface area (Å²) in [5.41, 5.74) is 0.605. The number of hydrogen-bond acceptors (Lipinski definition) is 9. The lowest BCUT2D eigenvalue weighted by Crippen LogP contribution is -2.50. The SMILES string of the molecule is CC(C)OC(=O)OC(C)OC(=O)c1cc2cc(NC(=O)[C@@H]3[C@H](C4CCCCC4)CCN3C(=O)C3CCC([C@@H](CF)NC(=O)OC(C)(C)C)CC3)ccc2[nH]1. The monoisotopic (exact) mass is 756 g/mol. The average molecular weight is 757 g/mol. The fourth-order valence-electron chi connectivity index (χ4n) is 8.33. The number of ether oxygens (including phenoxy) is 4. The summed E-state index contributed by atoms with van der Waals surface area (Å²) in [4.78, 5) is 70.2. The van der Waals surface area contributed by atoms with Gasteiger partial charge in [-0.25, -0.2) is 18.8 Å². The molecule has 4 atom stereocenters. The van der Waals surface area contributed by atoms with Gasteiger partial charge in [-0.2, -0.15) is 0 Å². The van der Waals surface area contributed by atoms with Crippen LogP contribution >= 0.6 is 0 Å². The Bertz CT molecular complexity index is 1640. The third-order valence-electron chi connectivity index (χ3n) is 10.8. The summed E-state index contributed by atoms with van der Waals surface area (Å²) in [5.74, 6) is -1.01. The summed E-state index contributed by atoms with van der Waals surface area (Å²) in [6.07, 6.45) is 5.35. The second kappa shape index (κ2) is 17.9. The number of anilines is 1. The molecule has 13 nitrogen and oxygen atoms in total. The number of H-pyrrole nitrogens is 1. The predicted octanol–water partition coefficient (Wildman–Crippen LogP) is 7.64. The molecular formula is C40H57FN4O9. The van der Waals surface area contributed by atoms with E-state index in [-0.39, 0.29) is 41.4 Å². The van der Waals surface area contributed by atoms with E-state index >= 15 is 0 Å². The van der Waals surface area contributed by atoms with Crippen LogP contribution in [0.5, 0.6) is 0 Å². The molecule has 5 rings (SSSR count). The normalized spacial score (nSPS) is 23.4. The van der Waals surface area contributed by atoms with E-state index in [1.807, 2.05) is 0 Å². The van der Waals surface area contributed by atoms with E-state index < -0.39 is 48.9 Å². The number of nitrogens with one attached hydrogen (secondary N) is 3. The number of fused-ring (bicyclic) bond motifs is 1. The Morgan fingerprint density at radius 2 is 1.61 bits per heavy atom. The van der Waals surface area contributed by atoms with Crippen molar-refractivity contribution in [3.05, 3.63) is 30.0 Å². The first-order chi connectivity index (χ1) is 25.6. The molecule has 54 heavy (non-hydrogen) atoms. The first-order valence-corrected chi connectivity index (χ1v) is 19.5. The number of aromatic nitrogens is 1. The predicted molar refractivity (Wildman–Crippen MR) is 199 cm³/mol. The largest absolute Gasteiger partial charge is 0.511 e. The smallest absolute Gasteiger partial charge is 0.444 e. The Labute approximate surface area is 316 Å². The van der Waals surface area contributed by atoms with Gasteiger partial charge in [-0.15, -0.1) is 0 Å². The number of aromatic amines is 1. The molecule has 1 unspecified atom stereocenters. The standard InChI is InChI=1S/C40H57FN4O9/c1-23(2)51-39(50)53-24(3)52-37(48)32-21-28-20-29(16-17-31(28)43-32)42-35(46)34-30(25-10-8-7-9-11-25)18-19-45(34)36(47)27-14-12-26(13-15-27)33(22-41)44-38(49)54-40(4,5)6/h16-17,20-21,23-27,30,33-34,43H,7-15,18-19,22H2,1-6H3,(H,42,46)(H,44,49)/t24?,26?,27?,30-,33+,34-/m0/s1. The highest BCUT2D eigenvalue weighted by atomic mass is 19.1. The zero-order valence-corrected chi connectivity index (χ0v) is 32.4. The van der Waals surface area contributed by atoms with Crippen LogP contribution in [0, 0.1) is 23.7 Å². The number of likely N-dealkylation sites (tertiary alicyclic amines) is 1. The molecule has 298 valence electrons. The molecule has 1 saturated heterocycles. The third-order valence-corrected chi connectivity index (χ3v) is 10.8. The van der Waals surface area contributed by atoms with Gasteiger partial charge in [-0.3, -0.25) is 9.59 Å². The highest BCUT2D eigenvalue weighted by Gasteiger charge is 2.47. The summed E-state index contributed by atoms with van der Waals surface area (Å²) >= 11 is 0. The van der Waals surface area contributed by atoms with Crippen LogP contribution < -0.4 is 10.6 Å². The molecule has 3 amide bonds. The quantitative estimate of drug-likeness (QED) is 0.119. The highest BCUT2D eigenvalue weighted by Crippen LogP contribution is 2.41. The summed E-state index contributed by atoms with van der Waals surface area (Å²) in [5, 5.41) is 6.42. The van der Waals surface area contributed by atoms with E-state index in [4.69, 9.17) is 18.9 Å². The second-order valence-corrected chi connectivity index (χ2v) is 16.3. The van der Waals surface area contributed by atoms with Crippen molar-refractivity contribution >= 4 is 46.6 Å². The summed E-state index contributed by atoms with van der Waals surface area (Å²) < 4.78 is 34.6. The molecule has 2 heterocycles. The van der Waals surface area contributed by atoms with Gasteiger partial charge in [0.2, 0.25) is 18.1 Å². The number of rotatable bonds is 11. The first kappa shape index (κ1) is 40.8. The van der Waals surface area contributed by atoms with Crippen molar-refractivity contribution in [2.24, 2.45) is 23.7 Å². The van der Waals surface area contributed by atoms with Crippen molar-refractivity contribution in [2.75, 3.05) is 18.5 Å². The Morgan fingerprint density at radius 3 is 2.26 bits per heavy atom. The maximum Gasteiger partial charge on any atom is 0.511 e. The lowest BCUT2D eigenvalue weighted by Gasteiger charge is -2.37. The van der Waals surface area contributed by atoms with E-state index in [1.54, 1.807) is 63.8 Å². The van der Waals surface area contributed by atoms with Crippen LogP contribution in [-0.2, 0) is 28.5 Å². The minimum Gasteiger partial charge on any atom is -0.444 e. The summed E-state index contributed by atoms with van der Waals surface area (Å²) in [6.45, 7) is 9.81. The number of carbonyl (C=O) groups is 5. The Balaban J connectivity index is 1.24. The number of hydrogen-bond donors (Lipinski definition) is 3.